The first-order chi connectivity index (χ1) is 8.48. The lowest BCUT2D eigenvalue weighted by Gasteiger charge is -2.29. The van der Waals surface area contributed by atoms with Gasteiger partial charge in [0.1, 0.15) is 0 Å². The minimum atomic E-state index is 0.110. The third-order valence-electron chi connectivity index (χ3n) is 3.99. The largest absolute Gasteiger partial charge is 0.339 e. The summed E-state index contributed by atoms with van der Waals surface area (Å²) in [5, 5.41) is 6.54. The molecule has 0 aromatic carbocycles. The minimum Gasteiger partial charge on any atom is -0.339 e. The number of hydrogen-bond acceptors (Lipinski definition) is 2. The number of carbonyl (C=O) groups is 1. The maximum atomic E-state index is 12.2. The molecule has 0 spiro atoms. The van der Waals surface area contributed by atoms with Crippen molar-refractivity contribution in [3.05, 3.63) is 18.0 Å². The van der Waals surface area contributed by atoms with Crippen LogP contribution in [0.1, 0.15) is 50.4 Å². The lowest BCUT2D eigenvalue weighted by Crippen LogP contribution is -2.32. The highest BCUT2D eigenvalue weighted by molar-refractivity contribution is 5.93. The number of likely N-dealkylation sites (tertiary alicyclic amines) is 1. The van der Waals surface area contributed by atoms with Crippen molar-refractivity contribution in [1.29, 1.82) is 0 Å². The molecule has 100 valence electrons. The Balaban J connectivity index is 1.99. The lowest BCUT2D eigenvalue weighted by molar-refractivity contribution is 0.0755. The normalized spacial score (nSPS) is 21.7. The fourth-order valence-electron chi connectivity index (χ4n) is 2.72. The molecule has 0 radical (unpaired) electrons. The average molecular weight is 249 g/mol. The Labute approximate surface area is 109 Å². The van der Waals surface area contributed by atoms with E-state index in [2.05, 4.69) is 31.0 Å². The quantitative estimate of drug-likeness (QED) is 0.832. The van der Waals surface area contributed by atoms with Crippen LogP contribution in [-0.2, 0) is 0 Å². The molecular formula is C14H23N3O. The molecule has 4 heteroatoms. The monoisotopic (exact) mass is 249 g/mol. The van der Waals surface area contributed by atoms with Crippen molar-refractivity contribution >= 4 is 5.91 Å². The zero-order chi connectivity index (χ0) is 13.2. The van der Waals surface area contributed by atoms with Crippen LogP contribution in [0.3, 0.4) is 0 Å². The summed E-state index contributed by atoms with van der Waals surface area (Å²) in [7, 11) is 0. The highest BCUT2D eigenvalue weighted by atomic mass is 16.2. The Bertz CT molecular complexity index is 392. The molecule has 1 atom stereocenters. The molecule has 0 bridgehead atoms. The number of H-pyrrole nitrogens is 1. The Morgan fingerprint density at radius 2 is 2.17 bits per heavy atom. The predicted octanol–water partition coefficient (Wildman–Crippen LogP) is 2.70. The van der Waals surface area contributed by atoms with Crippen molar-refractivity contribution in [2.45, 2.75) is 40.0 Å². The van der Waals surface area contributed by atoms with E-state index in [1.54, 1.807) is 12.4 Å². The molecule has 1 aliphatic rings. The van der Waals surface area contributed by atoms with Crippen LogP contribution in [-0.4, -0.2) is 34.1 Å². The maximum absolute atomic E-state index is 12.2. The van der Waals surface area contributed by atoms with Gasteiger partial charge in [0.15, 0.2) is 0 Å². The van der Waals surface area contributed by atoms with Crippen LogP contribution in [0.15, 0.2) is 12.4 Å². The van der Waals surface area contributed by atoms with E-state index in [4.69, 9.17) is 0 Å². The Morgan fingerprint density at radius 3 is 2.78 bits per heavy atom. The van der Waals surface area contributed by atoms with Crippen LogP contribution in [0, 0.1) is 11.3 Å². The molecule has 1 aliphatic heterocycles. The molecule has 1 fully saturated rings. The van der Waals surface area contributed by atoms with Gasteiger partial charge in [-0.05, 0) is 30.6 Å². The van der Waals surface area contributed by atoms with E-state index < -0.39 is 0 Å². The molecular weight excluding hydrogens is 226 g/mol. The Kier molecular flexibility index (Phi) is 3.73. The van der Waals surface area contributed by atoms with Crippen LogP contribution in [0.2, 0.25) is 0 Å². The van der Waals surface area contributed by atoms with Gasteiger partial charge in [-0.15, -0.1) is 0 Å². The molecule has 1 N–H and O–H groups in total. The number of carbonyl (C=O) groups excluding carboxylic acids is 1. The first-order valence-electron chi connectivity index (χ1n) is 6.76. The number of nitrogens with one attached hydrogen (secondary N) is 1. The number of rotatable bonds is 1. The summed E-state index contributed by atoms with van der Waals surface area (Å²) in [4.78, 5) is 14.2. The summed E-state index contributed by atoms with van der Waals surface area (Å²) >= 11 is 0. The molecule has 1 aromatic rings. The standard InChI is InChI=1S/C14H23N3O/c1-14(2,3)12-5-4-7-17(8-6-12)13(18)11-9-15-16-10-11/h9-10,12H,4-8H2,1-3H3,(H,15,16). The van der Waals surface area contributed by atoms with E-state index >= 15 is 0 Å². The minimum absolute atomic E-state index is 0.110. The van der Waals surface area contributed by atoms with E-state index in [0.717, 1.165) is 25.9 Å². The van der Waals surface area contributed by atoms with Gasteiger partial charge in [-0.3, -0.25) is 9.89 Å². The van der Waals surface area contributed by atoms with E-state index in [0.29, 0.717) is 16.9 Å². The van der Waals surface area contributed by atoms with E-state index in [1.807, 2.05) is 4.90 Å². The molecule has 2 heterocycles. The second-order valence-electron chi connectivity index (χ2n) is 6.27. The molecule has 1 unspecified atom stereocenters. The van der Waals surface area contributed by atoms with Crippen molar-refractivity contribution in [2.75, 3.05) is 13.1 Å². The van der Waals surface area contributed by atoms with Crippen LogP contribution in [0.4, 0.5) is 0 Å². The number of nitrogens with zero attached hydrogens (tertiary/aromatic N) is 2. The van der Waals surface area contributed by atoms with Gasteiger partial charge < -0.3 is 4.90 Å². The van der Waals surface area contributed by atoms with Crippen LogP contribution < -0.4 is 0 Å². The van der Waals surface area contributed by atoms with Gasteiger partial charge in [-0.25, -0.2) is 0 Å². The topological polar surface area (TPSA) is 49.0 Å². The predicted molar refractivity (Wildman–Crippen MR) is 71.3 cm³/mol. The van der Waals surface area contributed by atoms with Crippen molar-refractivity contribution in [3.8, 4) is 0 Å². The van der Waals surface area contributed by atoms with Crippen molar-refractivity contribution in [3.63, 3.8) is 0 Å². The summed E-state index contributed by atoms with van der Waals surface area (Å²) in [6.45, 7) is 8.63. The Morgan fingerprint density at radius 1 is 1.39 bits per heavy atom. The summed E-state index contributed by atoms with van der Waals surface area (Å²) in [5.41, 5.74) is 1.01. The van der Waals surface area contributed by atoms with E-state index in [-0.39, 0.29) is 5.91 Å². The van der Waals surface area contributed by atoms with E-state index in [9.17, 15) is 4.79 Å². The molecule has 0 aliphatic carbocycles. The van der Waals surface area contributed by atoms with Gasteiger partial charge in [0.05, 0.1) is 11.8 Å². The third-order valence-corrected chi connectivity index (χ3v) is 3.99. The van der Waals surface area contributed by atoms with Gasteiger partial charge in [0.25, 0.3) is 5.91 Å². The maximum Gasteiger partial charge on any atom is 0.257 e. The van der Waals surface area contributed by atoms with Gasteiger partial charge in [-0.1, -0.05) is 20.8 Å². The molecule has 1 amide bonds. The fraction of sp³-hybridized carbons (Fsp3) is 0.714. The summed E-state index contributed by atoms with van der Waals surface area (Å²) in [6.07, 6.45) is 6.71. The number of aromatic nitrogens is 2. The second kappa shape index (κ2) is 5.12. The summed E-state index contributed by atoms with van der Waals surface area (Å²) < 4.78 is 0. The third kappa shape index (κ3) is 2.92. The Hall–Kier alpha value is -1.32. The average Bonchev–Trinajstić information content (AvgIpc) is 2.70. The van der Waals surface area contributed by atoms with Gasteiger partial charge >= 0.3 is 0 Å². The first kappa shape index (κ1) is 13.1. The summed E-state index contributed by atoms with van der Waals surface area (Å²) in [6, 6.07) is 0. The molecule has 18 heavy (non-hydrogen) atoms. The van der Waals surface area contributed by atoms with Crippen molar-refractivity contribution in [2.24, 2.45) is 11.3 Å². The van der Waals surface area contributed by atoms with Gasteiger partial charge in [-0.2, -0.15) is 5.10 Å². The molecule has 1 aromatic heterocycles. The molecule has 4 nitrogen and oxygen atoms in total. The second-order valence-corrected chi connectivity index (χ2v) is 6.27. The van der Waals surface area contributed by atoms with Crippen molar-refractivity contribution < 1.29 is 4.79 Å². The number of aromatic amines is 1. The van der Waals surface area contributed by atoms with Crippen LogP contribution in [0.25, 0.3) is 0 Å². The van der Waals surface area contributed by atoms with Gasteiger partial charge in [0.2, 0.25) is 0 Å². The summed E-state index contributed by atoms with van der Waals surface area (Å²) in [5.74, 6) is 0.818. The fourth-order valence-corrected chi connectivity index (χ4v) is 2.72. The first-order valence-corrected chi connectivity index (χ1v) is 6.76. The van der Waals surface area contributed by atoms with E-state index in [1.165, 1.54) is 6.42 Å². The molecule has 2 rings (SSSR count). The zero-order valence-corrected chi connectivity index (χ0v) is 11.6. The SMILES string of the molecule is CC(C)(C)C1CCCN(C(=O)c2cn[nH]c2)CC1. The van der Waals surface area contributed by atoms with Crippen LogP contribution in [0.5, 0.6) is 0 Å². The highest BCUT2D eigenvalue weighted by Gasteiger charge is 2.28. The zero-order valence-electron chi connectivity index (χ0n) is 11.6. The number of amides is 1. The smallest absolute Gasteiger partial charge is 0.257 e. The molecule has 0 saturated carbocycles. The van der Waals surface area contributed by atoms with Gasteiger partial charge in [0, 0.05) is 19.3 Å². The van der Waals surface area contributed by atoms with Crippen molar-refractivity contribution in [1.82, 2.24) is 15.1 Å². The number of hydrogen-bond donors (Lipinski definition) is 1. The van der Waals surface area contributed by atoms with Crippen LogP contribution >= 0.6 is 0 Å². The molecule has 1 saturated heterocycles. The highest BCUT2D eigenvalue weighted by Crippen LogP contribution is 2.34. The lowest BCUT2D eigenvalue weighted by atomic mass is 9.77.